The zero-order valence-corrected chi connectivity index (χ0v) is 28.3. The standard InChI is InChI=1S/C36H46ClN3O6/c1-7-8-9-10-21-40(34(44)29(38-35(45)46-36(4,5)6)22-25-17-19-26(41)20-18-25)31(27-15-11-14-24(3)32(27)42)33(43)39-30-23(2)13-12-16-28(30)37/h11-20,29,31,41-42H,7-10,21-22H2,1-6H3,(H,38,45)(H,39,43). The van der Waals surface area contributed by atoms with E-state index in [-0.39, 0.29) is 30.0 Å². The number of nitrogens with zero attached hydrogens (tertiary/aromatic N) is 1. The van der Waals surface area contributed by atoms with Gasteiger partial charge in [-0.1, -0.05) is 80.3 Å². The molecule has 0 aliphatic rings. The van der Waals surface area contributed by atoms with Crippen LogP contribution in [0.3, 0.4) is 0 Å². The van der Waals surface area contributed by atoms with Gasteiger partial charge in [-0.3, -0.25) is 9.59 Å². The third kappa shape index (κ3) is 10.1. The van der Waals surface area contributed by atoms with Crippen molar-refractivity contribution in [3.8, 4) is 11.5 Å². The van der Waals surface area contributed by atoms with Crippen molar-refractivity contribution in [2.45, 2.75) is 91.3 Å². The Morgan fingerprint density at radius 2 is 1.57 bits per heavy atom. The number of halogens is 1. The molecule has 248 valence electrons. The number of carbonyl (C=O) groups excluding carboxylic acids is 3. The van der Waals surface area contributed by atoms with Gasteiger partial charge < -0.3 is 30.5 Å². The molecule has 0 aliphatic carbocycles. The van der Waals surface area contributed by atoms with Gasteiger partial charge in [0, 0.05) is 18.5 Å². The Kier molecular flexibility index (Phi) is 12.9. The topological polar surface area (TPSA) is 128 Å². The number of aromatic hydroxyl groups is 2. The van der Waals surface area contributed by atoms with Gasteiger partial charge in [0.2, 0.25) is 5.91 Å². The van der Waals surface area contributed by atoms with Crippen LogP contribution in [0.15, 0.2) is 60.7 Å². The summed E-state index contributed by atoms with van der Waals surface area (Å²) in [5.41, 5.74) is 1.76. The molecule has 0 bridgehead atoms. The van der Waals surface area contributed by atoms with E-state index in [9.17, 15) is 24.6 Å². The van der Waals surface area contributed by atoms with E-state index in [0.29, 0.717) is 28.3 Å². The molecule has 0 heterocycles. The van der Waals surface area contributed by atoms with Gasteiger partial charge >= 0.3 is 6.09 Å². The molecule has 0 aliphatic heterocycles. The predicted octanol–water partition coefficient (Wildman–Crippen LogP) is 7.59. The van der Waals surface area contributed by atoms with Gasteiger partial charge in [-0.25, -0.2) is 4.79 Å². The Hall–Kier alpha value is -4.24. The van der Waals surface area contributed by atoms with Crippen LogP contribution in [0.4, 0.5) is 10.5 Å². The molecular weight excluding hydrogens is 606 g/mol. The first-order valence-corrected chi connectivity index (χ1v) is 16.0. The summed E-state index contributed by atoms with van der Waals surface area (Å²) in [5, 5.41) is 27.0. The number of amides is 3. The number of aryl methyl sites for hydroxylation is 2. The highest BCUT2D eigenvalue weighted by Crippen LogP contribution is 2.35. The van der Waals surface area contributed by atoms with Crippen molar-refractivity contribution >= 4 is 35.2 Å². The summed E-state index contributed by atoms with van der Waals surface area (Å²) < 4.78 is 5.51. The van der Waals surface area contributed by atoms with E-state index in [1.54, 1.807) is 70.2 Å². The summed E-state index contributed by atoms with van der Waals surface area (Å²) in [6, 6.07) is 14.2. The number of hydrogen-bond donors (Lipinski definition) is 4. The molecule has 10 heteroatoms. The van der Waals surface area contributed by atoms with Crippen molar-refractivity contribution in [3.63, 3.8) is 0 Å². The summed E-state index contributed by atoms with van der Waals surface area (Å²) in [6.07, 6.45) is 2.55. The number of ether oxygens (including phenoxy) is 1. The largest absolute Gasteiger partial charge is 0.508 e. The third-order valence-corrected chi connectivity index (χ3v) is 7.81. The van der Waals surface area contributed by atoms with Crippen LogP contribution < -0.4 is 10.6 Å². The van der Waals surface area contributed by atoms with Crippen LogP contribution in [0.5, 0.6) is 11.5 Å². The molecule has 0 saturated heterocycles. The van der Waals surface area contributed by atoms with Crippen LogP contribution in [0.2, 0.25) is 5.02 Å². The van der Waals surface area contributed by atoms with Crippen molar-refractivity contribution in [1.29, 1.82) is 0 Å². The number of alkyl carbamates (subject to hydrolysis) is 1. The Balaban J connectivity index is 2.15. The highest BCUT2D eigenvalue weighted by Gasteiger charge is 2.38. The van der Waals surface area contributed by atoms with Gasteiger partial charge in [0.15, 0.2) is 0 Å². The van der Waals surface area contributed by atoms with E-state index in [1.165, 1.54) is 17.0 Å². The fraction of sp³-hybridized carbons (Fsp3) is 0.417. The molecule has 3 aromatic carbocycles. The molecule has 9 nitrogen and oxygen atoms in total. The van der Waals surface area contributed by atoms with Crippen LogP contribution in [-0.4, -0.2) is 51.2 Å². The van der Waals surface area contributed by atoms with E-state index >= 15 is 0 Å². The van der Waals surface area contributed by atoms with Crippen molar-refractivity contribution in [2.75, 3.05) is 11.9 Å². The fourth-order valence-corrected chi connectivity index (χ4v) is 5.40. The summed E-state index contributed by atoms with van der Waals surface area (Å²) in [5.74, 6) is -1.15. The minimum absolute atomic E-state index is 0.0571. The zero-order valence-electron chi connectivity index (χ0n) is 27.5. The van der Waals surface area contributed by atoms with Crippen LogP contribution in [0.1, 0.15) is 81.7 Å². The van der Waals surface area contributed by atoms with Gasteiger partial charge in [0.05, 0.1) is 10.7 Å². The van der Waals surface area contributed by atoms with Gasteiger partial charge in [-0.2, -0.15) is 0 Å². The smallest absolute Gasteiger partial charge is 0.408 e. The minimum Gasteiger partial charge on any atom is -0.508 e. The molecule has 0 fully saturated rings. The summed E-state index contributed by atoms with van der Waals surface area (Å²) in [7, 11) is 0. The van der Waals surface area contributed by atoms with Gasteiger partial charge in [-0.15, -0.1) is 0 Å². The van der Waals surface area contributed by atoms with E-state index in [0.717, 1.165) is 24.8 Å². The highest BCUT2D eigenvalue weighted by atomic mass is 35.5. The lowest BCUT2D eigenvalue weighted by Gasteiger charge is -2.35. The number of anilines is 1. The minimum atomic E-state index is -1.27. The second-order valence-corrected chi connectivity index (χ2v) is 12.9. The van der Waals surface area contributed by atoms with E-state index in [2.05, 4.69) is 17.6 Å². The number of rotatable bonds is 13. The van der Waals surface area contributed by atoms with E-state index < -0.39 is 35.6 Å². The lowest BCUT2D eigenvalue weighted by atomic mass is 9.97. The number of phenols is 2. The summed E-state index contributed by atoms with van der Waals surface area (Å²) in [4.78, 5) is 43.5. The third-order valence-electron chi connectivity index (χ3n) is 7.49. The van der Waals surface area contributed by atoms with E-state index in [1.807, 2.05) is 13.0 Å². The quantitative estimate of drug-likeness (QED) is 0.141. The Morgan fingerprint density at radius 1 is 0.913 bits per heavy atom. The van der Waals surface area contributed by atoms with Crippen LogP contribution >= 0.6 is 11.6 Å². The summed E-state index contributed by atoms with van der Waals surface area (Å²) in [6.45, 7) is 11.0. The van der Waals surface area contributed by atoms with Gasteiger partial charge in [0.25, 0.3) is 5.91 Å². The van der Waals surface area contributed by atoms with Crippen molar-refractivity contribution in [2.24, 2.45) is 0 Å². The monoisotopic (exact) mass is 651 g/mol. The molecule has 0 aromatic heterocycles. The maximum absolute atomic E-state index is 14.7. The van der Waals surface area contributed by atoms with Crippen molar-refractivity contribution in [3.05, 3.63) is 87.9 Å². The lowest BCUT2D eigenvalue weighted by molar-refractivity contribution is -0.141. The molecule has 0 saturated carbocycles. The average Bonchev–Trinajstić information content (AvgIpc) is 2.98. The SMILES string of the molecule is CCCCCCN(C(=O)C(Cc1ccc(O)cc1)NC(=O)OC(C)(C)C)C(C(=O)Nc1c(C)cccc1Cl)c1cccc(C)c1O. The molecular formula is C36H46ClN3O6. The number of para-hydroxylation sites is 2. The number of nitrogens with one attached hydrogen (secondary N) is 2. The van der Waals surface area contributed by atoms with Crippen molar-refractivity contribution in [1.82, 2.24) is 10.2 Å². The first-order valence-electron chi connectivity index (χ1n) is 15.6. The normalized spacial score (nSPS) is 12.6. The second kappa shape index (κ2) is 16.4. The zero-order chi connectivity index (χ0) is 34.0. The summed E-state index contributed by atoms with van der Waals surface area (Å²) >= 11 is 6.48. The molecule has 0 spiro atoms. The maximum atomic E-state index is 14.7. The molecule has 3 aromatic rings. The Bertz CT molecular complexity index is 1480. The Morgan fingerprint density at radius 3 is 2.20 bits per heavy atom. The van der Waals surface area contributed by atoms with Gasteiger partial charge in [0.1, 0.15) is 29.2 Å². The number of hydrogen-bond acceptors (Lipinski definition) is 6. The second-order valence-electron chi connectivity index (χ2n) is 12.5. The number of benzene rings is 3. The maximum Gasteiger partial charge on any atom is 0.408 e. The number of unbranched alkanes of at least 4 members (excludes halogenated alkanes) is 3. The fourth-order valence-electron chi connectivity index (χ4n) is 5.13. The van der Waals surface area contributed by atoms with E-state index in [4.69, 9.17) is 16.3 Å². The van der Waals surface area contributed by atoms with Crippen LogP contribution in [0, 0.1) is 13.8 Å². The lowest BCUT2D eigenvalue weighted by Crippen LogP contribution is -2.53. The van der Waals surface area contributed by atoms with Gasteiger partial charge in [-0.05, 0) is 75.9 Å². The molecule has 3 rings (SSSR count). The average molecular weight is 652 g/mol. The highest BCUT2D eigenvalue weighted by molar-refractivity contribution is 6.34. The Labute approximate surface area is 276 Å². The van der Waals surface area contributed by atoms with Crippen LogP contribution in [-0.2, 0) is 20.7 Å². The molecule has 2 unspecified atom stereocenters. The number of carbonyl (C=O) groups is 3. The van der Waals surface area contributed by atoms with Crippen molar-refractivity contribution < 1.29 is 29.3 Å². The first-order chi connectivity index (χ1) is 21.7. The molecule has 0 radical (unpaired) electrons. The molecule has 2 atom stereocenters. The van der Waals surface area contributed by atoms with Crippen LogP contribution in [0.25, 0.3) is 0 Å². The molecule has 46 heavy (non-hydrogen) atoms. The number of phenolic OH excluding ortho intramolecular Hbond substituents is 2. The predicted molar refractivity (Wildman–Crippen MR) is 181 cm³/mol. The first kappa shape index (κ1) is 36.2. The molecule has 3 amide bonds. The molecule has 4 N–H and O–H groups in total.